The summed E-state index contributed by atoms with van der Waals surface area (Å²) >= 11 is 1.95. The maximum absolute atomic E-state index is 12.4. The predicted octanol–water partition coefficient (Wildman–Crippen LogP) is 3.47. The van der Waals surface area contributed by atoms with E-state index in [9.17, 15) is 4.79 Å². The monoisotopic (exact) mass is 422 g/mol. The van der Waals surface area contributed by atoms with E-state index in [1.807, 2.05) is 30.0 Å². The number of amidine groups is 1. The minimum Gasteiger partial charge on any atom is -0.460 e. The Labute approximate surface area is 181 Å². The van der Waals surface area contributed by atoms with Gasteiger partial charge in [0.25, 0.3) is 6.02 Å². The number of benzene rings is 2. The van der Waals surface area contributed by atoms with E-state index < -0.39 is 0 Å². The molecule has 1 aliphatic carbocycles. The summed E-state index contributed by atoms with van der Waals surface area (Å²) in [6.45, 7) is 2.85. The summed E-state index contributed by atoms with van der Waals surface area (Å²) in [7, 11) is 0. The van der Waals surface area contributed by atoms with E-state index in [0.717, 1.165) is 54.4 Å². The molecule has 0 unspecified atom stereocenters. The standard InChI is InChI=1S/C23H26N4O2S/c28-22(14-27-9-11-30-12-10-27)24-18-6-8-20-17(13-18)15-29-23(25-20)26-21-7-5-16-3-1-2-4-19(16)21/h1-4,6,8,13,21H,5,7,9-12,14-15H2,(H,24,28)(H,25,26)/t21-/m1/s1. The number of carbonyl (C=O) groups is 1. The first-order valence-corrected chi connectivity index (χ1v) is 11.7. The van der Waals surface area contributed by atoms with Crippen molar-refractivity contribution in [3.8, 4) is 0 Å². The molecule has 0 radical (unpaired) electrons. The first kappa shape index (κ1) is 19.5. The van der Waals surface area contributed by atoms with Gasteiger partial charge in [-0.2, -0.15) is 16.8 Å². The molecule has 156 valence electrons. The van der Waals surface area contributed by atoms with Gasteiger partial charge in [0.1, 0.15) is 6.61 Å². The molecule has 30 heavy (non-hydrogen) atoms. The van der Waals surface area contributed by atoms with Gasteiger partial charge in [0.2, 0.25) is 5.91 Å². The summed E-state index contributed by atoms with van der Waals surface area (Å²) in [5, 5.41) is 6.47. The molecule has 0 spiro atoms. The van der Waals surface area contributed by atoms with Crippen LogP contribution in [0.5, 0.6) is 0 Å². The highest BCUT2D eigenvalue weighted by Gasteiger charge is 2.24. The molecule has 7 heteroatoms. The van der Waals surface area contributed by atoms with Gasteiger partial charge in [0, 0.05) is 35.8 Å². The number of nitrogens with zero attached hydrogens (tertiary/aromatic N) is 2. The van der Waals surface area contributed by atoms with Crippen LogP contribution in [0.15, 0.2) is 47.5 Å². The zero-order chi connectivity index (χ0) is 20.3. The van der Waals surface area contributed by atoms with Crippen molar-refractivity contribution in [3.63, 3.8) is 0 Å². The first-order valence-electron chi connectivity index (χ1n) is 10.5. The molecule has 3 aliphatic rings. The van der Waals surface area contributed by atoms with E-state index in [1.165, 1.54) is 11.1 Å². The minimum atomic E-state index is 0.0318. The van der Waals surface area contributed by atoms with E-state index in [2.05, 4.69) is 44.8 Å². The van der Waals surface area contributed by atoms with E-state index >= 15 is 0 Å². The fourth-order valence-corrected chi connectivity index (χ4v) is 5.25. The van der Waals surface area contributed by atoms with E-state index in [0.29, 0.717) is 19.2 Å². The normalized spacial score (nSPS) is 20.5. The summed E-state index contributed by atoms with van der Waals surface area (Å²) < 4.78 is 5.88. The van der Waals surface area contributed by atoms with Crippen molar-refractivity contribution in [2.75, 3.05) is 36.5 Å². The van der Waals surface area contributed by atoms with Crippen LogP contribution in [0.3, 0.4) is 0 Å². The number of hydrogen-bond acceptors (Lipinski definition) is 6. The van der Waals surface area contributed by atoms with Gasteiger partial charge in [-0.05, 0) is 42.2 Å². The largest absolute Gasteiger partial charge is 0.460 e. The lowest BCUT2D eigenvalue weighted by atomic mass is 10.1. The van der Waals surface area contributed by atoms with Crippen molar-refractivity contribution in [2.24, 2.45) is 4.99 Å². The molecule has 2 aliphatic heterocycles. The Balaban J connectivity index is 1.22. The Morgan fingerprint density at radius 2 is 2.03 bits per heavy atom. The van der Waals surface area contributed by atoms with Crippen LogP contribution in [0.2, 0.25) is 0 Å². The molecule has 2 aromatic carbocycles. The van der Waals surface area contributed by atoms with Crippen LogP contribution in [0.25, 0.3) is 0 Å². The highest BCUT2D eigenvalue weighted by Crippen LogP contribution is 2.32. The van der Waals surface area contributed by atoms with Crippen LogP contribution in [-0.4, -0.2) is 48.0 Å². The van der Waals surface area contributed by atoms with Crippen LogP contribution in [-0.2, 0) is 22.6 Å². The van der Waals surface area contributed by atoms with Crippen molar-refractivity contribution in [3.05, 3.63) is 59.2 Å². The zero-order valence-corrected chi connectivity index (χ0v) is 17.7. The molecule has 2 N–H and O–H groups in total. The average Bonchev–Trinajstić information content (AvgIpc) is 3.17. The van der Waals surface area contributed by atoms with Gasteiger partial charge in [0.15, 0.2) is 0 Å². The van der Waals surface area contributed by atoms with E-state index in [-0.39, 0.29) is 11.9 Å². The van der Waals surface area contributed by atoms with Crippen molar-refractivity contribution < 1.29 is 9.53 Å². The van der Waals surface area contributed by atoms with Gasteiger partial charge in [0.05, 0.1) is 18.3 Å². The number of aliphatic imine (C=N–C) groups is 1. The van der Waals surface area contributed by atoms with Gasteiger partial charge < -0.3 is 15.4 Å². The Bertz CT molecular complexity index is 971. The van der Waals surface area contributed by atoms with Crippen LogP contribution < -0.4 is 10.6 Å². The van der Waals surface area contributed by atoms with E-state index in [1.54, 1.807) is 0 Å². The summed E-state index contributed by atoms with van der Waals surface area (Å²) in [4.78, 5) is 19.2. The lowest BCUT2D eigenvalue weighted by Gasteiger charge is -2.25. The SMILES string of the molecule is O=C(CN1CCSCC1)Nc1ccc2c(c1)COC(N[C@@H]1CCc3ccccc31)=N2. The second kappa shape index (κ2) is 8.70. The van der Waals surface area contributed by atoms with Crippen LogP contribution in [0.1, 0.15) is 29.2 Å². The minimum absolute atomic E-state index is 0.0318. The number of anilines is 1. The van der Waals surface area contributed by atoms with Crippen LogP contribution in [0, 0.1) is 0 Å². The van der Waals surface area contributed by atoms with Crippen molar-refractivity contribution >= 4 is 35.1 Å². The third-order valence-corrected chi connectivity index (χ3v) is 6.79. The van der Waals surface area contributed by atoms with Crippen LogP contribution >= 0.6 is 11.8 Å². The lowest BCUT2D eigenvalue weighted by molar-refractivity contribution is -0.117. The Hall–Kier alpha value is -2.51. The fourth-order valence-electron chi connectivity index (χ4n) is 4.27. The Morgan fingerprint density at radius 1 is 1.17 bits per heavy atom. The molecule has 0 saturated carbocycles. The van der Waals surface area contributed by atoms with Crippen LogP contribution in [0.4, 0.5) is 11.4 Å². The number of hydrogen-bond donors (Lipinski definition) is 2. The highest BCUT2D eigenvalue weighted by molar-refractivity contribution is 7.99. The second-order valence-corrected chi connectivity index (χ2v) is 9.14. The molecular weight excluding hydrogens is 396 g/mol. The molecule has 1 amide bonds. The number of amides is 1. The third-order valence-electron chi connectivity index (χ3n) is 5.85. The maximum Gasteiger partial charge on any atom is 0.290 e. The summed E-state index contributed by atoms with van der Waals surface area (Å²) in [5.41, 5.74) is 5.40. The highest BCUT2D eigenvalue weighted by atomic mass is 32.2. The summed E-state index contributed by atoms with van der Waals surface area (Å²) in [6, 6.07) is 15.2. The maximum atomic E-state index is 12.4. The first-order chi connectivity index (χ1) is 14.7. The Morgan fingerprint density at radius 3 is 2.93 bits per heavy atom. The summed E-state index contributed by atoms with van der Waals surface area (Å²) in [6.07, 6.45) is 2.13. The molecule has 2 heterocycles. The molecule has 1 atom stereocenters. The number of carbonyl (C=O) groups excluding carboxylic acids is 1. The number of ether oxygens (including phenoxy) is 1. The van der Waals surface area contributed by atoms with Crippen molar-refractivity contribution in [1.29, 1.82) is 0 Å². The fraction of sp³-hybridized carbons (Fsp3) is 0.391. The van der Waals surface area contributed by atoms with Gasteiger partial charge in [-0.3, -0.25) is 9.69 Å². The number of fused-ring (bicyclic) bond motifs is 2. The van der Waals surface area contributed by atoms with Gasteiger partial charge >= 0.3 is 0 Å². The molecule has 0 aromatic heterocycles. The van der Waals surface area contributed by atoms with Gasteiger partial charge in [-0.15, -0.1) is 0 Å². The third kappa shape index (κ3) is 4.32. The van der Waals surface area contributed by atoms with Gasteiger partial charge in [-0.25, -0.2) is 0 Å². The number of nitrogens with one attached hydrogen (secondary N) is 2. The number of thioether (sulfide) groups is 1. The molecule has 5 rings (SSSR count). The molecular formula is C23H26N4O2S. The van der Waals surface area contributed by atoms with E-state index in [4.69, 9.17) is 4.74 Å². The van der Waals surface area contributed by atoms with Gasteiger partial charge in [-0.1, -0.05) is 24.3 Å². The average molecular weight is 423 g/mol. The number of rotatable bonds is 4. The molecule has 1 fully saturated rings. The molecule has 6 nitrogen and oxygen atoms in total. The molecule has 0 bridgehead atoms. The smallest absolute Gasteiger partial charge is 0.290 e. The van der Waals surface area contributed by atoms with Crippen molar-refractivity contribution in [1.82, 2.24) is 10.2 Å². The summed E-state index contributed by atoms with van der Waals surface area (Å²) in [5.74, 6) is 2.23. The topological polar surface area (TPSA) is 66.0 Å². The lowest BCUT2D eigenvalue weighted by Crippen LogP contribution is -2.38. The quantitative estimate of drug-likeness (QED) is 0.790. The second-order valence-electron chi connectivity index (χ2n) is 7.92. The Kier molecular flexibility index (Phi) is 5.64. The number of aryl methyl sites for hydroxylation is 1. The zero-order valence-electron chi connectivity index (χ0n) is 16.9. The molecule has 1 saturated heterocycles. The van der Waals surface area contributed by atoms with Crippen molar-refractivity contribution in [2.45, 2.75) is 25.5 Å². The predicted molar refractivity (Wildman–Crippen MR) is 121 cm³/mol. The molecule has 2 aromatic rings.